The van der Waals surface area contributed by atoms with Gasteiger partial charge >= 0.3 is 18.5 Å². The lowest BCUT2D eigenvalue weighted by Gasteiger charge is -2.24. The Morgan fingerprint density at radius 3 is 2.57 bits per heavy atom. The Bertz CT molecular complexity index is 935. The monoisotopic (exact) mass is 391 g/mol. The molecule has 1 unspecified atom stereocenters. The summed E-state index contributed by atoms with van der Waals surface area (Å²) < 4.78 is 34.8. The van der Waals surface area contributed by atoms with E-state index in [2.05, 4.69) is 14.7 Å². The van der Waals surface area contributed by atoms with Crippen molar-refractivity contribution >= 4 is 11.9 Å². The molecule has 1 aromatic heterocycles. The Hall–Kier alpha value is -3.07. The number of carbonyl (C=O) groups excluding carboxylic acids is 1. The number of aryl methyl sites for hydroxylation is 1. The maximum Gasteiger partial charge on any atom is 0.387 e. The third-order valence-electron chi connectivity index (χ3n) is 4.67. The van der Waals surface area contributed by atoms with Crippen LogP contribution in [0.1, 0.15) is 22.4 Å². The molecular formula is C19H21F2N4O3+. The van der Waals surface area contributed by atoms with Crippen LogP contribution in [-0.2, 0) is 21.7 Å². The van der Waals surface area contributed by atoms with Crippen LogP contribution in [0.2, 0.25) is 0 Å². The van der Waals surface area contributed by atoms with Crippen LogP contribution in [0, 0.1) is 6.92 Å². The number of pyridine rings is 1. The number of amides is 1. The van der Waals surface area contributed by atoms with Crippen LogP contribution in [0.4, 0.5) is 8.78 Å². The molecule has 28 heavy (non-hydrogen) atoms. The zero-order valence-corrected chi connectivity index (χ0v) is 15.7. The van der Waals surface area contributed by atoms with Gasteiger partial charge in [0.15, 0.2) is 0 Å². The second-order valence-electron chi connectivity index (χ2n) is 6.45. The van der Waals surface area contributed by atoms with Gasteiger partial charge in [-0.3, -0.25) is 20.5 Å². The zero-order valence-electron chi connectivity index (χ0n) is 15.7. The minimum absolute atomic E-state index is 0.0412. The molecule has 1 aromatic carbocycles. The molecule has 3 rings (SSSR count). The van der Waals surface area contributed by atoms with Gasteiger partial charge in [-0.1, -0.05) is 6.07 Å². The number of guanidine groups is 1. The van der Waals surface area contributed by atoms with E-state index in [0.29, 0.717) is 22.4 Å². The summed E-state index contributed by atoms with van der Waals surface area (Å²) in [4.78, 5) is 21.9. The molecule has 148 valence electrons. The molecule has 9 heteroatoms. The highest BCUT2D eigenvalue weighted by molar-refractivity contribution is 6.03. The van der Waals surface area contributed by atoms with E-state index in [9.17, 15) is 13.6 Å². The number of hydrogen-bond acceptors (Lipinski definition) is 5. The van der Waals surface area contributed by atoms with Crippen molar-refractivity contribution in [1.82, 2.24) is 9.88 Å². The Labute approximate surface area is 160 Å². The number of likely N-dealkylation sites (N-methyl/N-ethyl adjacent to an activating group) is 1. The fourth-order valence-electron chi connectivity index (χ4n) is 3.30. The highest BCUT2D eigenvalue weighted by atomic mass is 19.3. The molecule has 0 saturated carbocycles. The maximum absolute atomic E-state index is 13.2. The van der Waals surface area contributed by atoms with Gasteiger partial charge in [0, 0.05) is 24.4 Å². The summed E-state index contributed by atoms with van der Waals surface area (Å²) in [6.45, 7) is -1.03. The lowest BCUT2D eigenvalue weighted by atomic mass is 9.82. The topological polar surface area (TPSA) is 91.7 Å². The van der Waals surface area contributed by atoms with Crippen molar-refractivity contribution in [3.8, 4) is 5.75 Å². The van der Waals surface area contributed by atoms with Gasteiger partial charge in [0.05, 0.1) is 19.3 Å². The van der Waals surface area contributed by atoms with Crippen LogP contribution in [0.3, 0.4) is 0 Å². The highest BCUT2D eigenvalue weighted by Crippen LogP contribution is 2.33. The molecule has 1 aliphatic rings. The Morgan fingerprint density at radius 2 is 2.00 bits per heavy atom. The molecular weight excluding hydrogens is 370 g/mol. The molecule has 1 atom stereocenters. The van der Waals surface area contributed by atoms with Gasteiger partial charge in [-0.15, -0.1) is 0 Å². The van der Waals surface area contributed by atoms with Gasteiger partial charge < -0.3 is 9.47 Å². The molecule has 1 amide bonds. The van der Waals surface area contributed by atoms with Crippen LogP contribution in [0.5, 0.6) is 5.75 Å². The van der Waals surface area contributed by atoms with Crippen LogP contribution in [-0.4, -0.2) is 42.5 Å². The largest absolute Gasteiger partial charge is 0.435 e. The van der Waals surface area contributed by atoms with Crippen LogP contribution in [0.15, 0.2) is 36.5 Å². The number of nitrogens with one attached hydrogen (secondary N) is 1. The number of benzene rings is 1. The molecule has 3 N–H and O–H groups in total. The Kier molecular flexibility index (Phi) is 5.28. The Balaban J connectivity index is 2.18. The maximum atomic E-state index is 13.2. The normalized spacial score (nSPS) is 19.3. The van der Waals surface area contributed by atoms with Crippen LogP contribution < -0.4 is 15.5 Å². The molecule has 1 aliphatic heterocycles. The number of methoxy groups -OCH3 is 1. The lowest BCUT2D eigenvalue weighted by molar-refractivity contribution is -0.525. The number of carbonyl (C=O) groups is 1. The summed E-state index contributed by atoms with van der Waals surface area (Å²) in [5, 5.41) is 0. The van der Waals surface area contributed by atoms with Crippen molar-refractivity contribution in [2.75, 3.05) is 14.2 Å². The summed E-state index contributed by atoms with van der Waals surface area (Å²) in [5.74, 6) is -0.0818. The van der Waals surface area contributed by atoms with Crippen LogP contribution in [0.25, 0.3) is 0 Å². The number of ether oxygens (including phenoxy) is 2. The van der Waals surface area contributed by atoms with Gasteiger partial charge in [-0.2, -0.15) is 8.78 Å². The number of hydrogen-bond donors (Lipinski definition) is 2. The molecule has 2 aromatic rings. The third kappa shape index (κ3) is 3.29. The molecule has 7 nitrogen and oxygen atoms in total. The SMILES string of the molecule is COCc1cc(C2(c3ccc(OC(F)F)c(C)c3)[NH+]=C(N)N(C)C2=O)ccn1. The molecule has 0 aliphatic carbocycles. The van der Waals surface area contributed by atoms with Gasteiger partial charge in [-0.25, -0.2) is 4.90 Å². The fourth-order valence-corrected chi connectivity index (χ4v) is 3.30. The smallest absolute Gasteiger partial charge is 0.387 e. The summed E-state index contributed by atoms with van der Waals surface area (Å²) >= 11 is 0. The van der Waals surface area contributed by atoms with Crippen molar-refractivity contribution in [2.45, 2.75) is 25.7 Å². The molecule has 0 spiro atoms. The average molecular weight is 391 g/mol. The quantitative estimate of drug-likeness (QED) is 0.737. The van der Waals surface area contributed by atoms with E-state index >= 15 is 0 Å². The van der Waals surface area contributed by atoms with E-state index in [0.717, 1.165) is 0 Å². The second kappa shape index (κ2) is 7.51. The van der Waals surface area contributed by atoms with Crippen molar-refractivity contribution in [3.63, 3.8) is 0 Å². The van der Waals surface area contributed by atoms with Crippen molar-refractivity contribution in [1.29, 1.82) is 0 Å². The molecule has 0 saturated heterocycles. The summed E-state index contributed by atoms with van der Waals surface area (Å²) in [6.07, 6.45) is 1.58. The number of halogens is 2. The van der Waals surface area contributed by atoms with E-state index in [1.54, 1.807) is 51.5 Å². The van der Waals surface area contributed by atoms with Gasteiger partial charge in [0.1, 0.15) is 5.75 Å². The first-order valence-electron chi connectivity index (χ1n) is 8.48. The minimum Gasteiger partial charge on any atom is -0.435 e. The first kappa shape index (κ1) is 19.7. The van der Waals surface area contributed by atoms with Gasteiger partial charge in [-0.05, 0) is 36.8 Å². The predicted molar refractivity (Wildman–Crippen MR) is 96.5 cm³/mol. The van der Waals surface area contributed by atoms with Crippen LogP contribution >= 0.6 is 0 Å². The summed E-state index contributed by atoms with van der Waals surface area (Å²) in [6, 6.07) is 8.07. The number of aromatic nitrogens is 1. The average Bonchev–Trinajstić information content (AvgIpc) is 2.88. The van der Waals surface area contributed by atoms with E-state index in [-0.39, 0.29) is 24.2 Å². The number of nitrogens with two attached hydrogens (primary N) is 1. The third-order valence-corrected chi connectivity index (χ3v) is 4.67. The van der Waals surface area contributed by atoms with E-state index in [1.165, 1.54) is 11.0 Å². The molecule has 0 radical (unpaired) electrons. The Morgan fingerprint density at radius 1 is 1.29 bits per heavy atom. The molecule has 0 fully saturated rings. The summed E-state index contributed by atoms with van der Waals surface area (Å²) in [5.41, 5.74) is 6.92. The fraction of sp³-hybridized carbons (Fsp3) is 0.316. The molecule has 2 heterocycles. The highest BCUT2D eigenvalue weighted by Gasteiger charge is 2.54. The van der Waals surface area contributed by atoms with Crippen molar-refractivity contribution < 1.29 is 28.0 Å². The summed E-state index contributed by atoms with van der Waals surface area (Å²) in [7, 11) is 3.11. The molecule has 0 bridgehead atoms. The zero-order chi connectivity index (χ0) is 20.5. The first-order chi connectivity index (χ1) is 13.3. The number of alkyl halides is 2. The van der Waals surface area contributed by atoms with Gasteiger partial charge in [0.2, 0.25) is 5.54 Å². The standard InChI is InChI=1S/C19H20F2N4O3/c1-11-8-12(4-5-15(11)28-17(20)21)19(16(26)25(2)18(22)24-19)13-6-7-23-14(9-13)10-27-3/h4-9,17H,10H2,1-3H3,(H2,22,24)/p+1. The second-order valence-corrected chi connectivity index (χ2v) is 6.45. The predicted octanol–water partition coefficient (Wildman–Crippen LogP) is 0.249. The lowest BCUT2D eigenvalue weighted by Crippen LogP contribution is -2.85. The van der Waals surface area contributed by atoms with Crippen molar-refractivity contribution in [3.05, 3.63) is 58.9 Å². The minimum atomic E-state index is -2.93. The van der Waals surface area contributed by atoms with E-state index in [1.807, 2.05) is 0 Å². The van der Waals surface area contributed by atoms with E-state index < -0.39 is 12.2 Å². The van der Waals surface area contributed by atoms with Gasteiger partial charge in [0.25, 0.3) is 0 Å². The van der Waals surface area contributed by atoms with E-state index in [4.69, 9.17) is 10.5 Å². The number of nitrogens with zero attached hydrogens (tertiary/aromatic N) is 2. The first-order valence-corrected chi connectivity index (χ1v) is 8.48. The van der Waals surface area contributed by atoms with Crippen molar-refractivity contribution in [2.24, 2.45) is 5.73 Å². The number of rotatable bonds is 6.